The molecule has 2 heterocycles. The van der Waals surface area contributed by atoms with Crippen molar-refractivity contribution in [1.29, 1.82) is 0 Å². The fourth-order valence-electron chi connectivity index (χ4n) is 2.54. The molecule has 0 saturated carbocycles. The van der Waals surface area contributed by atoms with E-state index in [1.807, 2.05) is 0 Å². The summed E-state index contributed by atoms with van der Waals surface area (Å²) < 4.78 is 1.15. The Bertz CT molecular complexity index is 674. The molecule has 1 atom stereocenters. The molecule has 0 bridgehead atoms. The highest BCUT2D eigenvalue weighted by Gasteiger charge is 2.31. The predicted molar refractivity (Wildman–Crippen MR) is 68.6 cm³/mol. The lowest BCUT2D eigenvalue weighted by atomic mass is 10.0. The Morgan fingerprint density at radius 3 is 2.55 bits per heavy atom. The van der Waals surface area contributed by atoms with Crippen molar-refractivity contribution < 1.29 is 19.5 Å². The maximum Gasteiger partial charge on any atom is 0.337 e. The number of carboxylic acid groups (broad SMARTS) is 1. The Morgan fingerprint density at radius 1 is 1.35 bits per heavy atom. The van der Waals surface area contributed by atoms with Crippen molar-refractivity contribution in [1.82, 2.24) is 9.88 Å². The number of hydrogen-bond acceptors (Lipinski definition) is 4. The van der Waals surface area contributed by atoms with Crippen LogP contribution in [0.2, 0.25) is 0 Å². The number of rotatable bonds is 2. The average molecular weight is 278 g/mol. The standard InChI is InChI=1S/C13H14N2O5/c1-6-5-10(17)15(7(2)11(6)13(19)20)8-3-4-9(16)14-12(8)18/h5,8H,3-4H2,1-2H3,(H,19,20)(H,14,16,18). The SMILES string of the molecule is Cc1cc(=O)n(C2CCC(=O)NC2=O)c(C)c1C(=O)O. The molecular formula is C13H14N2O5. The summed E-state index contributed by atoms with van der Waals surface area (Å²) in [7, 11) is 0. The third-order valence-corrected chi connectivity index (χ3v) is 3.43. The van der Waals surface area contributed by atoms with Gasteiger partial charge in [-0.3, -0.25) is 24.3 Å². The number of nitrogens with one attached hydrogen (secondary N) is 1. The molecule has 0 aliphatic carbocycles. The van der Waals surface area contributed by atoms with Crippen LogP contribution in [0, 0.1) is 13.8 Å². The quantitative estimate of drug-likeness (QED) is 0.749. The zero-order chi connectivity index (χ0) is 15.0. The third-order valence-electron chi connectivity index (χ3n) is 3.43. The summed E-state index contributed by atoms with van der Waals surface area (Å²) in [6, 6.07) is 0.346. The minimum Gasteiger partial charge on any atom is -0.478 e. The van der Waals surface area contributed by atoms with Crippen molar-refractivity contribution >= 4 is 17.8 Å². The van der Waals surface area contributed by atoms with Crippen molar-refractivity contribution in [3.05, 3.63) is 33.2 Å². The van der Waals surface area contributed by atoms with E-state index in [0.717, 1.165) is 4.57 Å². The van der Waals surface area contributed by atoms with Gasteiger partial charge in [0.15, 0.2) is 0 Å². The lowest BCUT2D eigenvalue weighted by molar-refractivity contribution is -0.135. The lowest BCUT2D eigenvalue weighted by Gasteiger charge is -2.25. The Hall–Kier alpha value is -2.44. The van der Waals surface area contributed by atoms with E-state index >= 15 is 0 Å². The van der Waals surface area contributed by atoms with E-state index in [-0.39, 0.29) is 30.0 Å². The molecule has 1 unspecified atom stereocenters. The van der Waals surface area contributed by atoms with Gasteiger partial charge in [-0.15, -0.1) is 0 Å². The summed E-state index contributed by atoms with van der Waals surface area (Å²) in [6.07, 6.45) is 0.312. The highest BCUT2D eigenvalue weighted by Crippen LogP contribution is 2.21. The summed E-state index contributed by atoms with van der Waals surface area (Å²) >= 11 is 0. The molecule has 1 aromatic heterocycles. The van der Waals surface area contributed by atoms with Gasteiger partial charge in [0, 0.05) is 18.2 Å². The van der Waals surface area contributed by atoms with Crippen LogP contribution in [0.25, 0.3) is 0 Å². The van der Waals surface area contributed by atoms with Crippen LogP contribution in [0.3, 0.4) is 0 Å². The van der Waals surface area contributed by atoms with Gasteiger partial charge in [-0.1, -0.05) is 0 Å². The average Bonchev–Trinajstić information content (AvgIpc) is 2.30. The molecule has 2 amide bonds. The molecule has 7 heteroatoms. The first-order valence-electron chi connectivity index (χ1n) is 6.12. The second-order valence-electron chi connectivity index (χ2n) is 4.77. The van der Waals surface area contributed by atoms with E-state index in [4.69, 9.17) is 0 Å². The smallest absolute Gasteiger partial charge is 0.337 e. The van der Waals surface area contributed by atoms with Crippen LogP contribution in [-0.4, -0.2) is 27.5 Å². The number of hydrogen-bond donors (Lipinski definition) is 2. The van der Waals surface area contributed by atoms with Crippen molar-refractivity contribution in [2.75, 3.05) is 0 Å². The Balaban J connectivity index is 2.60. The Labute approximate surface area is 114 Å². The number of nitrogens with zero attached hydrogens (tertiary/aromatic N) is 1. The van der Waals surface area contributed by atoms with Crippen LogP contribution in [0.5, 0.6) is 0 Å². The van der Waals surface area contributed by atoms with Gasteiger partial charge in [-0.05, 0) is 25.8 Å². The second kappa shape index (κ2) is 4.92. The maximum atomic E-state index is 12.1. The van der Waals surface area contributed by atoms with Gasteiger partial charge in [0.05, 0.1) is 5.56 Å². The number of imide groups is 1. The summed E-state index contributed by atoms with van der Waals surface area (Å²) in [4.78, 5) is 46.3. The van der Waals surface area contributed by atoms with Gasteiger partial charge in [0.1, 0.15) is 6.04 Å². The number of piperidine rings is 1. The van der Waals surface area contributed by atoms with Gasteiger partial charge in [-0.25, -0.2) is 4.79 Å². The molecule has 2 rings (SSSR count). The van der Waals surface area contributed by atoms with Crippen LogP contribution in [0.4, 0.5) is 0 Å². The van der Waals surface area contributed by atoms with Gasteiger partial charge >= 0.3 is 5.97 Å². The molecule has 0 aromatic carbocycles. The van der Waals surface area contributed by atoms with E-state index in [0.29, 0.717) is 5.56 Å². The summed E-state index contributed by atoms with van der Waals surface area (Å²) in [5, 5.41) is 11.4. The molecule has 1 aliphatic rings. The highest BCUT2D eigenvalue weighted by atomic mass is 16.4. The fraction of sp³-hybridized carbons (Fsp3) is 0.385. The number of pyridine rings is 1. The molecule has 0 spiro atoms. The van der Waals surface area contributed by atoms with Gasteiger partial charge < -0.3 is 5.11 Å². The van der Waals surface area contributed by atoms with E-state index in [2.05, 4.69) is 5.32 Å². The number of aromatic nitrogens is 1. The number of carbonyl (C=O) groups is 3. The molecular weight excluding hydrogens is 264 g/mol. The Morgan fingerprint density at radius 2 is 2.00 bits per heavy atom. The monoisotopic (exact) mass is 278 g/mol. The molecule has 1 fully saturated rings. The van der Waals surface area contributed by atoms with Crippen molar-refractivity contribution in [2.45, 2.75) is 32.7 Å². The first kappa shape index (κ1) is 14.0. The third kappa shape index (κ3) is 2.22. The van der Waals surface area contributed by atoms with E-state index in [9.17, 15) is 24.3 Å². The largest absolute Gasteiger partial charge is 0.478 e. The summed E-state index contributed by atoms with van der Waals surface area (Å²) in [5.74, 6) is -2.12. The van der Waals surface area contributed by atoms with Crippen LogP contribution in [0.1, 0.15) is 40.5 Å². The van der Waals surface area contributed by atoms with Crippen molar-refractivity contribution in [2.24, 2.45) is 0 Å². The molecule has 7 nitrogen and oxygen atoms in total. The van der Waals surface area contributed by atoms with Crippen LogP contribution in [0.15, 0.2) is 10.9 Å². The molecule has 20 heavy (non-hydrogen) atoms. The fourth-order valence-corrected chi connectivity index (χ4v) is 2.54. The van der Waals surface area contributed by atoms with Crippen LogP contribution in [-0.2, 0) is 9.59 Å². The molecule has 0 radical (unpaired) electrons. The number of amides is 2. The predicted octanol–water partition coefficient (Wildman–Crippen LogP) is 0.141. The summed E-state index contributed by atoms with van der Waals surface area (Å²) in [6.45, 7) is 3.02. The minimum absolute atomic E-state index is 0.00861. The number of carbonyl (C=O) groups excluding carboxylic acids is 2. The molecule has 2 N–H and O–H groups in total. The normalized spacial score (nSPS) is 18.8. The second-order valence-corrected chi connectivity index (χ2v) is 4.77. The molecule has 106 valence electrons. The van der Waals surface area contributed by atoms with Crippen LogP contribution >= 0.6 is 0 Å². The summed E-state index contributed by atoms with van der Waals surface area (Å²) in [5.41, 5.74) is 0.134. The number of aromatic carboxylic acids is 1. The molecule has 1 aliphatic heterocycles. The van der Waals surface area contributed by atoms with Crippen molar-refractivity contribution in [3.63, 3.8) is 0 Å². The lowest BCUT2D eigenvalue weighted by Crippen LogP contribution is -2.45. The molecule has 1 aromatic rings. The Kier molecular flexibility index (Phi) is 3.44. The first-order valence-corrected chi connectivity index (χ1v) is 6.12. The zero-order valence-electron chi connectivity index (χ0n) is 11.1. The minimum atomic E-state index is -1.15. The van der Waals surface area contributed by atoms with Crippen molar-refractivity contribution in [3.8, 4) is 0 Å². The van der Waals surface area contributed by atoms with Gasteiger partial charge in [0.25, 0.3) is 5.56 Å². The number of aryl methyl sites for hydroxylation is 1. The van der Waals surface area contributed by atoms with E-state index in [1.54, 1.807) is 0 Å². The van der Waals surface area contributed by atoms with E-state index < -0.39 is 23.5 Å². The zero-order valence-corrected chi connectivity index (χ0v) is 11.1. The van der Waals surface area contributed by atoms with Gasteiger partial charge in [-0.2, -0.15) is 0 Å². The maximum absolute atomic E-state index is 12.1. The molecule has 1 saturated heterocycles. The first-order chi connectivity index (χ1) is 9.32. The highest BCUT2D eigenvalue weighted by molar-refractivity contribution is 5.99. The number of carboxylic acids is 1. The van der Waals surface area contributed by atoms with Gasteiger partial charge in [0.2, 0.25) is 11.8 Å². The van der Waals surface area contributed by atoms with Crippen LogP contribution < -0.4 is 10.9 Å². The topological polar surface area (TPSA) is 105 Å². The van der Waals surface area contributed by atoms with E-state index in [1.165, 1.54) is 19.9 Å².